The molecule has 5 heteroatoms. The second-order valence-electron chi connectivity index (χ2n) is 6.90. The van der Waals surface area contributed by atoms with Crippen LogP contribution in [0.25, 0.3) is 0 Å². The van der Waals surface area contributed by atoms with E-state index >= 15 is 0 Å². The van der Waals surface area contributed by atoms with Crippen molar-refractivity contribution in [3.63, 3.8) is 0 Å². The van der Waals surface area contributed by atoms with Gasteiger partial charge in [-0.3, -0.25) is 4.90 Å². The highest BCUT2D eigenvalue weighted by Crippen LogP contribution is 2.44. The molecule has 26 heavy (non-hydrogen) atoms. The van der Waals surface area contributed by atoms with Crippen LogP contribution in [0.5, 0.6) is 17.2 Å². The topological polar surface area (TPSA) is 51.2 Å². The van der Waals surface area contributed by atoms with Crippen LogP contribution < -0.4 is 14.2 Å². The first-order chi connectivity index (χ1) is 12.7. The number of hydrogen-bond acceptors (Lipinski definition) is 5. The van der Waals surface area contributed by atoms with Gasteiger partial charge >= 0.3 is 0 Å². The van der Waals surface area contributed by atoms with Gasteiger partial charge in [-0.05, 0) is 41.7 Å². The fourth-order valence-electron chi connectivity index (χ4n) is 4.38. The lowest BCUT2D eigenvalue weighted by Crippen LogP contribution is -2.39. The van der Waals surface area contributed by atoms with E-state index in [0.29, 0.717) is 6.04 Å². The molecule has 0 radical (unpaired) electrons. The van der Waals surface area contributed by atoms with Gasteiger partial charge in [0, 0.05) is 30.3 Å². The molecule has 2 aromatic carbocycles. The van der Waals surface area contributed by atoms with Crippen molar-refractivity contribution in [2.45, 2.75) is 32.0 Å². The Hall–Kier alpha value is -2.24. The lowest BCUT2D eigenvalue weighted by atomic mass is 9.83. The highest BCUT2D eigenvalue weighted by atomic mass is 16.5. The van der Waals surface area contributed by atoms with Gasteiger partial charge in [0.05, 0.1) is 27.9 Å². The van der Waals surface area contributed by atoms with Crippen molar-refractivity contribution in [3.8, 4) is 17.2 Å². The van der Waals surface area contributed by atoms with E-state index in [0.717, 1.165) is 48.7 Å². The van der Waals surface area contributed by atoms with Crippen molar-refractivity contribution in [2.75, 3.05) is 27.9 Å². The van der Waals surface area contributed by atoms with E-state index in [-0.39, 0.29) is 6.61 Å². The minimum atomic E-state index is -0.000289. The van der Waals surface area contributed by atoms with Gasteiger partial charge in [0.2, 0.25) is 0 Å². The first-order valence-corrected chi connectivity index (χ1v) is 8.97. The van der Waals surface area contributed by atoms with E-state index in [1.807, 2.05) is 6.07 Å². The van der Waals surface area contributed by atoms with Crippen LogP contribution in [-0.4, -0.2) is 37.9 Å². The zero-order chi connectivity index (χ0) is 18.3. The maximum absolute atomic E-state index is 9.60. The van der Waals surface area contributed by atoms with Crippen LogP contribution in [0.1, 0.15) is 33.9 Å². The monoisotopic (exact) mass is 355 g/mol. The molecule has 0 aromatic heterocycles. The lowest BCUT2D eigenvalue weighted by molar-refractivity contribution is 0.157. The van der Waals surface area contributed by atoms with Gasteiger partial charge in [0.1, 0.15) is 5.75 Å². The maximum Gasteiger partial charge on any atom is 0.161 e. The zero-order valence-corrected chi connectivity index (χ0v) is 15.5. The summed E-state index contributed by atoms with van der Waals surface area (Å²) >= 11 is 0. The van der Waals surface area contributed by atoms with E-state index < -0.39 is 0 Å². The molecule has 1 unspecified atom stereocenters. The molecule has 1 atom stereocenters. The van der Waals surface area contributed by atoms with E-state index in [4.69, 9.17) is 14.2 Å². The van der Waals surface area contributed by atoms with Crippen LogP contribution in [0, 0.1) is 0 Å². The Morgan fingerprint density at radius 2 is 1.81 bits per heavy atom. The first-order valence-electron chi connectivity index (χ1n) is 8.97. The Kier molecular flexibility index (Phi) is 4.51. The van der Waals surface area contributed by atoms with E-state index in [1.165, 1.54) is 22.3 Å². The predicted molar refractivity (Wildman–Crippen MR) is 99.0 cm³/mol. The SMILES string of the molecule is COc1cc2c(cc1OC)C1Cc3ccc(CO)c(OC)c3CN1CC2. The van der Waals surface area contributed by atoms with Gasteiger partial charge in [0.25, 0.3) is 0 Å². The molecule has 2 aliphatic rings. The van der Waals surface area contributed by atoms with Gasteiger partial charge in [-0.15, -0.1) is 0 Å². The Bertz CT molecular complexity index is 833. The fourth-order valence-corrected chi connectivity index (χ4v) is 4.38. The minimum absolute atomic E-state index is 0.000289. The Labute approximate surface area is 154 Å². The second-order valence-corrected chi connectivity index (χ2v) is 6.90. The Morgan fingerprint density at radius 1 is 1.04 bits per heavy atom. The maximum atomic E-state index is 9.60. The molecule has 0 amide bonds. The van der Waals surface area contributed by atoms with Crippen molar-refractivity contribution in [1.29, 1.82) is 0 Å². The number of methoxy groups -OCH3 is 3. The first kappa shape index (κ1) is 17.2. The summed E-state index contributed by atoms with van der Waals surface area (Å²) in [5.41, 5.74) is 6.02. The number of aliphatic hydroxyl groups excluding tert-OH is 1. The number of hydrogen-bond donors (Lipinski definition) is 1. The molecule has 2 aliphatic heterocycles. The fraction of sp³-hybridized carbons (Fsp3) is 0.429. The van der Waals surface area contributed by atoms with E-state index in [2.05, 4.69) is 23.1 Å². The Balaban J connectivity index is 1.76. The highest BCUT2D eigenvalue weighted by Gasteiger charge is 2.34. The van der Waals surface area contributed by atoms with Crippen LogP contribution in [0.2, 0.25) is 0 Å². The third-order valence-corrected chi connectivity index (χ3v) is 5.70. The number of ether oxygens (including phenoxy) is 3. The highest BCUT2D eigenvalue weighted by molar-refractivity contribution is 5.52. The summed E-state index contributed by atoms with van der Waals surface area (Å²) in [7, 11) is 5.05. The van der Waals surface area contributed by atoms with Gasteiger partial charge in [-0.2, -0.15) is 0 Å². The number of nitrogens with zero attached hydrogens (tertiary/aromatic N) is 1. The molecule has 0 spiro atoms. The molecule has 4 rings (SSSR count). The Morgan fingerprint density at radius 3 is 2.50 bits per heavy atom. The van der Waals surface area contributed by atoms with Crippen molar-refractivity contribution in [3.05, 3.63) is 52.1 Å². The molecule has 2 heterocycles. The predicted octanol–water partition coefficient (Wildman–Crippen LogP) is 2.86. The van der Waals surface area contributed by atoms with Gasteiger partial charge < -0.3 is 19.3 Å². The number of rotatable bonds is 4. The summed E-state index contributed by atoms with van der Waals surface area (Å²) < 4.78 is 16.6. The zero-order valence-electron chi connectivity index (χ0n) is 15.5. The van der Waals surface area contributed by atoms with Crippen molar-refractivity contribution < 1.29 is 19.3 Å². The number of benzene rings is 2. The number of fused-ring (bicyclic) bond motifs is 4. The van der Waals surface area contributed by atoms with Gasteiger partial charge in [-0.25, -0.2) is 0 Å². The largest absolute Gasteiger partial charge is 0.496 e. The van der Waals surface area contributed by atoms with E-state index in [1.54, 1.807) is 21.3 Å². The van der Waals surface area contributed by atoms with Crippen molar-refractivity contribution in [2.24, 2.45) is 0 Å². The molecular formula is C21H25NO4. The smallest absolute Gasteiger partial charge is 0.161 e. The molecule has 0 fully saturated rings. The van der Waals surface area contributed by atoms with Crippen LogP contribution in [-0.2, 0) is 26.0 Å². The third-order valence-electron chi connectivity index (χ3n) is 5.70. The summed E-state index contributed by atoms with van der Waals surface area (Å²) in [4.78, 5) is 2.50. The van der Waals surface area contributed by atoms with Gasteiger partial charge in [0.15, 0.2) is 11.5 Å². The summed E-state index contributed by atoms with van der Waals surface area (Å²) in [5.74, 6) is 2.42. The average molecular weight is 355 g/mol. The van der Waals surface area contributed by atoms with Crippen LogP contribution in [0.15, 0.2) is 24.3 Å². The standard InChI is InChI=1S/C21H25NO4/c1-24-19-9-14-6-7-22-11-17-13(4-5-15(12-23)21(17)26-3)8-18(22)16(14)10-20(19)25-2/h4-5,9-10,18,23H,6-8,11-12H2,1-3H3. The summed E-state index contributed by atoms with van der Waals surface area (Å²) in [6, 6.07) is 8.70. The van der Waals surface area contributed by atoms with E-state index in [9.17, 15) is 5.11 Å². The lowest BCUT2D eigenvalue weighted by Gasteiger charge is -2.42. The molecule has 0 saturated carbocycles. The quantitative estimate of drug-likeness (QED) is 0.914. The summed E-state index contributed by atoms with van der Waals surface area (Å²) in [6.45, 7) is 1.84. The van der Waals surface area contributed by atoms with Crippen LogP contribution in [0.4, 0.5) is 0 Å². The minimum Gasteiger partial charge on any atom is -0.496 e. The van der Waals surface area contributed by atoms with Crippen molar-refractivity contribution >= 4 is 0 Å². The molecule has 0 bridgehead atoms. The van der Waals surface area contributed by atoms with Crippen LogP contribution in [0.3, 0.4) is 0 Å². The second kappa shape index (κ2) is 6.82. The molecule has 2 aromatic rings. The van der Waals surface area contributed by atoms with Crippen molar-refractivity contribution in [1.82, 2.24) is 4.90 Å². The molecule has 1 N–H and O–H groups in total. The normalized spacial score (nSPS) is 18.5. The molecule has 5 nitrogen and oxygen atoms in total. The summed E-state index contributed by atoms with van der Waals surface area (Å²) in [5, 5.41) is 9.60. The molecule has 0 aliphatic carbocycles. The van der Waals surface area contributed by atoms with Crippen LogP contribution >= 0.6 is 0 Å². The molecular weight excluding hydrogens is 330 g/mol. The molecule has 0 saturated heterocycles. The summed E-state index contributed by atoms with van der Waals surface area (Å²) in [6.07, 6.45) is 1.92. The van der Waals surface area contributed by atoms with Gasteiger partial charge in [-0.1, -0.05) is 12.1 Å². The third kappa shape index (κ3) is 2.63. The molecule has 138 valence electrons. The average Bonchev–Trinajstić information content (AvgIpc) is 2.70. The number of aliphatic hydroxyl groups is 1.